The van der Waals surface area contributed by atoms with Crippen LogP contribution in [0.25, 0.3) is 0 Å². The Bertz CT molecular complexity index is 571. The minimum absolute atomic E-state index is 0.00705. The average molecular weight is 287 g/mol. The van der Waals surface area contributed by atoms with Crippen LogP contribution in [0.15, 0.2) is 18.2 Å². The number of aryl methyl sites for hydroxylation is 1. The van der Waals surface area contributed by atoms with Crippen molar-refractivity contribution in [2.24, 2.45) is 0 Å². The van der Waals surface area contributed by atoms with E-state index in [1.807, 2.05) is 30.0 Å². The lowest BCUT2D eigenvalue weighted by atomic mass is 10.0. The molecular weight excluding hydrogens is 266 g/mol. The van der Waals surface area contributed by atoms with Crippen LogP contribution in [0.4, 0.5) is 0 Å². The van der Waals surface area contributed by atoms with Crippen molar-refractivity contribution in [1.29, 1.82) is 0 Å². The average Bonchev–Trinajstić information content (AvgIpc) is 2.52. The quantitative estimate of drug-likeness (QED) is 0.840. The van der Waals surface area contributed by atoms with Crippen LogP contribution in [0, 0.1) is 18.8 Å². The number of benzene rings is 1. The monoisotopic (exact) mass is 287 g/mol. The van der Waals surface area contributed by atoms with Crippen molar-refractivity contribution >= 4 is 5.91 Å². The first-order valence-electron chi connectivity index (χ1n) is 7.26. The van der Waals surface area contributed by atoms with E-state index in [0.717, 1.165) is 12.0 Å². The fourth-order valence-electron chi connectivity index (χ4n) is 2.50. The summed E-state index contributed by atoms with van der Waals surface area (Å²) in [4.78, 5) is 14.7. The molecule has 21 heavy (non-hydrogen) atoms. The van der Waals surface area contributed by atoms with Gasteiger partial charge in [-0.15, -0.1) is 0 Å². The fraction of sp³-hybridized carbons (Fsp3) is 0.471. The molecule has 1 aliphatic rings. The Morgan fingerprint density at radius 1 is 1.52 bits per heavy atom. The Morgan fingerprint density at radius 3 is 3.05 bits per heavy atom. The summed E-state index contributed by atoms with van der Waals surface area (Å²) in [7, 11) is 0. The van der Waals surface area contributed by atoms with Crippen molar-refractivity contribution in [3.8, 4) is 11.8 Å². The second-order valence-electron chi connectivity index (χ2n) is 5.14. The Labute approximate surface area is 125 Å². The molecule has 0 spiro atoms. The Morgan fingerprint density at radius 2 is 2.33 bits per heavy atom. The first-order chi connectivity index (χ1) is 10.2. The molecule has 1 heterocycles. The lowest BCUT2D eigenvalue weighted by Crippen LogP contribution is -2.48. The molecule has 0 radical (unpaired) electrons. The van der Waals surface area contributed by atoms with Crippen molar-refractivity contribution in [2.45, 2.75) is 26.3 Å². The maximum Gasteiger partial charge on any atom is 0.255 e. The number of carbonyl (C=O) groups excluding carboxylic acids is 1. The molecule has 1 aromatic carbocycles. The van der Waals surface area contributed by atoms with Crippen LogP contribution in [-0.2, 0) is 4.74 Å². The van der Waals surface area contributed by atoms with Gasteiger partial charge >= 0.3 is 0 Å². The number of aliphatic hydroxyl groups is 1. The van der Waals surface area contributed by atoms with E-state index in [-0.39, 0.29) is 18.6 Å². The van der Waals surface area contributed by atoms with Crippen LogP contribution in [0.3, 0.4) is 0 Å². The van der Waals surface area contributed by atoms with Crippen LogP contribution in [-0.4, -0.2) is 48.3 Å². The highest BCUT2D eigenvalue weighted by molar-refractivity contribution is 5.97. The van der Waals surface area contributed by atoms with Crippen LogP contribution in [0.1, 0.15) is 34.8 Å². The number of aliphatic hydroxyl groups excluding tert-OH is 1. The van der Waals surface area contributed by atoms with E-state index < -0.39 is 0 Å². The zero-order valence-electron chi connectivity index (χ0n) is 12.6. The summed E-state index contributed by atoms with van der Waals surface area (Å²) in [6, 6.07) is 5.74. The molecule has 1 aromatic rings. The molecule has 1 saturated heterocycles. The molecule has 1 atom stereocenters. The van der Waals surface area contributed by atoms with Gasteiger partial charge in [-0.25, -0.2) is 0 Å². The normalized spacial score (nSPS) is 18.0. The van der Waals surface area contributed by atoms with Gasteiger partial charge < -0.3 is 14.7 Å². The van der Waals surface area contributed by atoms with Gasteiger partial charge in [0.15, 0.2) is 0 Å². The van der Waals surface area contributed by atoms with Gasteiger partial charge in [-0.2, -0.15) is 0 Å². The van der Waals surface area contributed by atoms with E-state index in [0.29, 0.717) is 30.9 Å². The van der Waals surface area contributed by atoms with Gasteiger partial charge in [0.2, 0.25) is 0 Å². The van der Waals surface area contributed by atoms with E-state index in [2.05, 4.69) is 18.8 Å². The van der Waals surface area contributed by atoms with Gasteiger partial charge in [-0.05, 0) is 31.0 Å². The molecule has 4 heteroatoms. The van der Waals surface area contributed by atoms with Crippen LogP contribution in [0.2, 0.25) is 0 Å². The molecule has 1 amide bonds. The van der Waals surface area contributed by atoms with Crippen molar-refractivity contribution in [3.63, 3.8) is 0 Å². The summed E-state index contributed by atoms with van der Waals surface area (Å²) in [5.74, 6) is 5.50. The predicted molar refractivity (Wildman–Crippen MR) is 81.1 cm³/mol. The zero-order chi connectivity index (χ0) is 15.2. The number of nitrogens with zero attached hydrogens (tertiary/aromatic N) is 1. The standard InChI is InChI=1S/C17H21NO3/c1-3-15-12-21-10-8-18(15)17(20)16-7-6-13(2)11-14(16)5-4-9-19/h6-7,11,15,19H,3,8-10,12H2,1-2H3. The van der Waals surface area contributed by atoms with Gasteiger partial charge in [0.05, 0.1) is 24.8 Å². The van der Waals surface area contributed by atoms with Gasteiger partial charge in [-0.1, -0.05) is 24.8 Å². The van der Waals surface area contributed by atoms with Crippen molar-refractivity contribution < 1.29 is 14.6 Å². The van der Waals surface area contributed by atoms with Gasteiger partial charge in [-0.3, -0.25) is 4.79 Å². The lowest BCUT2D eigenvalue weighted by Gasteiger charge is -2.35. The first kappa shape index (κ1) is 15.6. The summed E-state index contributed by atoms with van der Waals surface area (Å²) in [6.45, 7) is 5.58. The summed E-state index contributed by atoms with van der Waals surface area (Å²) >= 11 is 0. The molecule has 0 bridgehead atoms. The van der Waals surface area contributed by atoms with E-state index in [1.165, 1.54) is 0 Å². The van der Waals surface area contributed by atoms with E-state index >= 15 is 0 Å². The lowest BCUT2D eigenvalue weighted by molar-refractivity contribution is -0.00281. The minimum Gasteiger partial charge on any atom is -0.384 e. The minimum atomic E-state index is -0.212. The number of rotatable bonds is 2. The third-order valence-electron chi connectivity index (χ3n) is 3.67. The third kappa shape index (κ3) is 3.63. The molecule has 1 aliphatic heterocycles. The number of morpholine rings is 1. The van der Waals surface area contributed by atoms with Gasteiger partial charge in [0.1, 0.15) is 6.61 Å². The molecule has 1 N–H and O–H groups in total. The Balaban J connectivity index is 2.33. The Hall–Kier alpha value is -1.83. The Kier molecular flexibility index (Phi) is 5.38. The predicted octanol–water partition coefficient (Wildman–Crippen LogP) is 1.59. The van der Waals surface area contributed by atoms with E-state index in [9.17, 15) is 4.79 Å². The molecule has 0 saturated carbocycles. The molecule has 0 aromatic heterocycles. The fourth-order valence-corrected chi connectivity index (χ4v) is 2.50. The highest BCUT2D eigenvalue weighted by Crippen LogP contribution is 2.18. The largest absolute Gasteiger partial charge is 0.384 e. The van der Waals surface area contributed by atoms with Crippen LogP contribution >= 0.6 is 0 Å². The van der Waals surface area contributed by atoms with Crippen LogP contribution in [0.5, 0.6) is 0 Å². The summed E-state index contributed by atoms with van der Waals surface area (Å²) in [6.07, 6.45) is 0.870. The molecule has 2 rings (SSSR count). The zero-order valence-corrected chi connectivity index (χ0v) is 12.6. The maximum atomic E-state index is 12.8. The molecule has 4 nitrogen and oxygen atoms in total. The van der Waals surface area contributed by atoms with Crippen molar-refractivity contribution in [2.75, 3.05) is 26.4 Å². The van der Waals surface area contributed by atoms with E-state index in [1.54, 1.807) is 0 Å². The van der Waals surface area contributed by atoms with Crippen molar-refractivity contribution in [1.82, 2.24) is 4.90 Å². The highest BCUT2D eigenvalue weighted by Gasteiger charge is 2.27. The molecule has 1 fully saturated rings. The summed E-state index contributed by atoms with van der Waals surface area (Å²) in [5, 5.41) is 8.87. The maximum absolute atomic E-state index is 12.8. The number of carbonyl (C=O) groups is 1. The number of hydrogen-bond acceptors (Lipinski definition) is 3. The second-order valence-corrected chi connectivity index (χ2v) is 5.14. The number of amides is 1. The van der Waals surface area contributed by atoms with Crippen molar-refractivity contribution in [3.05, 3.63) is 34.9 Å². The molecular formula is C17H21NO3. The van der Waals surface area contributed by atoms with Crippen LogP contribution < -0.4 is 0 Å². The molecule has 0 aliphatic carbocycles. The summed E-state index contributed by atoms with van der Waals surface area (Å²) in [5.41, 5.74) is 2.32. The van der Waals surface area contributed by atoms with Gasteiger partial charge in [0.25, 0.3) is 5.91 Å². The highest BCUT2D eigenvalue weighted by atomic mass is 16.5. The molecule has 112 valence electrons. The van der Waals surface area contributed by atoms with E-state index in [4.69, 9.17) is 9.84 Å². The SMILES string of the molecule is CCC1COCCN1C(=O)c1ccc(C)cc1C#CCO. The van der Waals surface area contributed by atoms with Gasteiger partial charge in [0, 0.05) is 12.1 Å². The first-order valence-corrected chi connectivity index (χ1v) is 7.26. The second kappa shape index (κ2) is 7.26. The molecule has 1 unspecified atom stereocenters. The topological polar surface area (TPSA) is 49.8 Å². The summed E-state index contributed by atoms with van der Waals surface area (Å²) < 4.78 is 5.45. The number of hydrogen-bond donors (Lipinski definition) is 1. The third-order valence-corrected chi connectivity index (χ3v) is 3.67. The smallest absolute Gasteiger partial charge is 0.255 e. The number of ether oxygens (including phenoxy) is 1.